The molecule has 1 aromatic rings. The van der Waals surface area contributed by atoms with Crippen LogP contribution < -0.4 is 10.5 Å². The van der Waals surface area contributed by atoms with Crippen molar-refractivity contribution >= 4 is 5.91 Å². The lowest BCUT2D eigenvalue weighted by Gasteiger charge is -2.08. The zero-order valence-corrected chi connectivity index (χ0v) is 8.00. The minimum absolute atomic E-state index is 0.0700. The van der Waals surface area contributed by atoms with Gasteiger partial charge in [-0.15, -0.1) is 9.12 Å². The van der Waals surface area contributed by atoms with Gasteiger partial charge in [-0.1, -0.05) is 0 Å². The van der Waals surface area contributed by atoms with Gasteiger partial charge in [0.25, 0.3) is 0 Å². The number of rotatable bonds is 2. The summed E-state index contributed by atoms with van der Waals surface area (Å²) in [4.78, 5) is 10.6. The highest BCUT2D eigenvalue weighted by molar-refractivity contribution is 5.76. The Kier molecular flexibility index (Phi) is 2.69. The van der Waals surface area contributed by atoms with Crippen molar-refractivity contribution in [3.8, 4) is 0 Å². The van der Waals surface area contributed by atoms with Crippen molar-refractivity contribution in [2.24, 2.45) is 5.73 Å². The summed E-state index contributed by atoms with van der Waals surface area (Å²) in [6, 6.07) is 1.52. The van der Waals surface area contributed by atoms with Crippen LogP contribution in [0.4, 0.5) is 4.39 Å². The Morgan fingerprint density at radius 3 is 2.64 bits per heavy atom. The van der Waals surface area contributed by atoms with Crippen LogP contribution in [0.2, 0.25) is 0 Å². The highest BCUT2D eigenvalue weighted by Crippen LogP contribution is 2.09. The van der Waals surface area contributed by atoms with Crippen molar-refractivity contribution < 1.29 is 13.9 Å². The fraction of sp³-hybridized carbons (Fsp3) is 0.333. The molecule has 0 aliphatic carbocycles. The predicted octanol–water partition coefficient (Wildman–Crippen LogP) is 0.104. The van der Waals surface area contributed by atoms with E-state index in [-0.39, 0.29) is 22.4 Å². The molecule has 1 heterocycles. The third kappa shape index (κ3) is 1.81. The monoisotopic (exact) mass is 198 g/mol. The summed E-state index contributed by atoms with van der Waals surface area (Å²) in [7, 11) is 0. The van der Waals surface area contributed by atoms with E-state index in [1.807, 2.05) is 0 Å². The predicted molar refractivity (Wildman–Crippen MR) is 47.7 cm³/mol. The first kappa shape index (κ1) is 10.4. The van der Waals surface area contributed by atoms with Crippen molar-refractivity contribution in [3.05, 3.63) is 34.0 Å². The molecular formula is C9H11FN2O2. The maximum absolute atomic E-state index is 13.1. The molecule has 0 radical (unpaired) electrons. The van der Waals surface area contributed by atoms with Gasteiger partial charge < -0.3 is 10.9 Å². The molecule has 5 heteroatoms. The van der Waals surface area contributed by atoms with Gasteiger partial charge >= 0.3 is 5.95 Å². The minimum atomic E-state index is -0.883. The van der Waals surface area contributed by atoms with E-state index in [0.29, 0.717) is 5.56 Å². The summed E-state index contributed by atoms with van der Waals surface area (Å²) in [6.07, 6.45) is -0.244. The van der Waals surface area contributed by atoms with E-state index in [1.165, 1.54) is 13.0 Å². The topological polar surface area (TPSA) is 70.0 Å². The molecular weight excluding hydrogens is 187 g/mol. The zero-order chi connectivity index (χ0) is 10.9. The molecule has 2 N–H and O–H groups in total. The Bertz CT molecular complexity index is 391. The summed E-state index contributed by atoms with van der Waals surface area (Å²) in [5.41, 5.74) is 5.83. The Morgan fingerprint density at radius 2 is 2.14 bits per heavy atom. The van der Waals surface area contributed by atoms with E-state index in [0.717, 1.165) is 0 Å². The molecule has 76 valence electrons. The molecule has 1 rings (SSSR count). The Labute approximate surface area is 80.7 Å². The highest BCUT2D eigenvalue weighted by atomic mass is 19.1. The van der Waals surface area contributed by atoms with E-state index in [1.54, 1.807) is 6.92 Å². The zero-order valence-electron chi connectivity index (χ0n) is 8.00. The van der Waals surface area contributed by atoms with Crippen LogP contribution in [0.5, 0.6) is 0 Å². The van der Waals surface area contributed by atoms with Gasteiger partial charge in [-0.05, 0) is 19.9 Å². The molecule has 0 bridgehead atoms. The molecule has 14 heavy (non-hydrogen) atoms. The fourth-order valence-electron chi connectivity index (χ4n) is 1.28. The SMILES string of the molecule is Cc1cc(C)c(CC(N)=O)[n+]([O-])c1F. The van der Waals surface area contributed by atoms with Crippen molar-refractivity contribution in [2.75, 3.05) is 0 Å². The molecule has 0 atom stereocenters. The number of carbonyl (C=O) groups is 1. The first-order valence-corrected chi connectivity index (χ1v) is 4.10. The third-order valence-corrected chi connectivity index (χ3v) is 1.98. The molecule has 0 spiro atoms. The molecule has 0 aromatic carbocycles. The third-order valence-electron chi connectivity index (χ3n) is 1.98. The molecule has 0 unspecified atom stereocenters. The van der Waals surface area contributed by atoms with Crippen molar-refractivity contribution in [2.45, 2.75) is 20.3 Å². The second kappa shape index (κ2) is 3.61. The van der Waals surface area contributed by atoms with Gasteiger partial charge in [-0.2, -0.15) is 0 Å². The average Bonchev–Trinajstić information content (AvgIpc) is 2.09. The number of hydrogen-bond donors (Lipinski definition) is 1. The number of hydrogen-bond acceptors (Lipinski definition) is 2. The lowest BCUT2D eigenvalue weighted by molar-refractivity contribution is -0.645. The van der Waals surface area contributed by atoms with Gasteiger partial charge in [-0.25, -0.2) is 0 Å². The largest absolute Gasteiger partial charge is 0.616 e. The van der Waals surface area contributed by atoms with Gasteiger partial charge in [-0.3, -0.25) is 4.79 Å². The quantitative estimate of drug-likeness (QED) is 0.416. The smallest absolute Gasteiger partial charge is 0.374 e. The van der Waals surface area contributed by atoms with Crippen LogP contribution in [0.3, 0.4) is 0 Å². The maximum atomic E-state index is 13.1. The Balaban J connectivity index is 3.29. The van der Waals surface area contributed by atoms with Crippen LogP contribution in [-0.2, 0) is 11.2 Å². The molecule has 0 fully saturated rings. The normalized spacial score (nSPS) is 10.2. The van der Waals surface area contributed by atoms with Crippen LogP contribution in [0, 0.1) is 25.0 Å². The number of aromatic nitrogens is 1. The number of nitrogens with zero attached hydrogens (tertiary/aromatic N) is 1. The number of primary amides is 1. The summed E-state index contributed by atoms with van der Waals surface area (Å²) >= 11 is 0. The molecule has 4 nitrogen and oxygen atoms in total. The standard InChI is InChI=1S/C9H11FN2O2/c1-5-3-6(2)9(10)12(14)7(5)4-8(11)13/h3H,4H2,1-2H3,(H2,11,13). The fourth-order valence-corrected chi connectivity index (χ4v) is 1.28. The number of amides is 1. The van der Waals surface area contributed by atoms with Gasteiger partial charge in [0.05, 0.1) is 5.56 Å². The number of nitrogens with two attached hydrogens (primary N) is 1. The number of aryl methyl sites for hydroxylation is 2. The van der Waals surface area contributed by atoms with Crippen LogP contribution in [0.25, 0.3) is 0 Å². The molecule has 1 aromatic heterocycles. The summed E-state index contributed by atoms with van der Waals surface area (Å²) < 4.78 is 13.2. The van der Waals surface area contributed by atoms with Crippen LogP contribution in [-0.4, -0.2) is 5.91 Å². The van der Waals surface area contributed by atoms with E-state index in [9.17, 15) is 14.4 Å². The lowest BCUT2D eigenvalue weighted by atomic mass is 10.1. The van der Waals surface area contributed by atoms with Gasteiger partial charge in [0.2, 0.25) is 11.6 Å². The lowest BCUT2D eigenvalue weighted by Crippen LogP contribution is -2.40. The number of pyridine rings is 1. The second-order valence-corrected chi connectivity index (χ2v) is 3.19. The van der Waals surface area contributed by atoms with E-state index >= 15 is 0 Å². The minimum Gasteiger partial charge on any atom is -0.616 e. The van der Waals surface area contributed by atoms with Gasteiger partial charge in [0, 0.05) is 5.56 Å². The maximum Gasteiger partial charge on any atom is 0.374 e. The molecule has 0 aliphatic heterocycles. The van der Waals surface area contributed by atoms with Crippen LogP contribution in [0.1, 0.15) is 16.8 Å². The molecule has 0 aliphatic rings. The Morgan fingerprint density at radius 1 is 1.57 bits per heavy atom. The summed E-state index contributed by atoms with van der Waals surface area (Å²) in [5, 5.41) is 11.3. The van der Waals surface area contributed by atoms with Crippen LogP contribution >= 0.6 is 0 Å². The van der Waals surface area contributed by atoms with E-state index in [4.69, 9.17) is 5.73 Å². The van der Waals surface area contributed by atoms with Crippen LogP contribution in [0.15, 0.2) is 6.07 Å². The van der Waals surface area contributed by atoms with Gasteiger partial charge in [0.15, 0.2) is 0 Å². The molecule has 0 saturated heterocycles. The molecule has 0 saturated carbocycles. The second-order valence-electron chi connectivity index (χ2n) is 3.19. The first-order chi connectivity index (χ1) is 6.43. The number of carbonyl (C=O) groups excluding carboxylic acids is 1. The van der Waals surface area contributed by atoms with Crippen molar-refractivity contribution in [1.29, 1.82) is 0 Å². The summed E-state index contributed by atoms with van der Waals surface area (Å²) in [5.74, 6) is -1.53. The Hall–Kier alpha value is -1.65. The summed E-state index contributed by atoms with van der Waals surface area (Å²) in [6.45, 7) is 3.13. The van der Waals surface area contributed by atoms with Gasteiger partial charge in [0.1, 0.15) is 6.42 Å². The number of halogens is 1. The van der Waals surface area contributed by atoms with E-state index < -0.39 is 11.9 Å². The molecule has 1 amide bonds. The van der Waals surface area contributed by atoms with Crippen molar-refractivity contribution in [1.82, 2.24) is 0 Å². The first-order valence-electron chi connectivity index (χ1n) is 4.10. The average molecular weight is 198 g/mol. The van der Waals surface area contributed by atoms with Crippen molar-refractivity contribution in [3.63, 3.8) is 0 Å². The highest BCUT2D eigenvalue weighted by Gasteiger charge is 2.19. The van der Waals surface area contributed by atoms with E-state index in [2.05, 4.69) is 0 Å².